The number of amides is 1. The van der Waals surface area contributed by atoms with Crippen LogP contribution in [0.5, 0.6) is 0 Å². The van der Waals surface area contributed by atoms with E-state index in [0.717, 1.165) is 29.2 Å². The quantitative estimate of drug-likeness (QED) is 0.841. The molecule has 2 atom stereocenters. The summed E-state index contributed by atoms with van der Waals surface area (Å²) in [5, 5.41) is 12.6. The van der Waals surface area contributed by atoms with Crippen LogP contribution in [-0.2, 0) is 4.74 Å². The van der Waals surface area contributed by atoms with Gasteiger partial charge in [-0.25, -0.2) is 0 Å². The fourth-order valence-electron chi connectivity index (χ4n) is 4.46. The molecule has 27 heavy (non-hydrogen) atoms. The fraction of sp³-hybridized carbons (Fsp3) is 0.476. The van der Waals surface area contributed by atoms with Gasteiger partial charge in [0.05, 0.1) is 18.8 Å². The Bertz CT molecular complexity index is 805. The van der Waals surface area contributed by atoms with Crippen LogP contribution in [0.2, 0.25) is 0 Å². The van der Waals surface area contributed by atoms with E-state index in [9.17, 15) is 9.90 Å². The number of nitrogens with zero attached hydrogens (tertiary/aromatic N) is 1. The number of aliphatic hydroxyl groups is 1. The van der Waals surface area contributed by atoms with E-state index in [1.165, 1.54) is 0 Å². The second-order valence-electron chi connectivity index (χ2n) is 7.49. The molecule has 0 radical (unpaired) electrons. The van der Waals surface area contributed by atoms with Gasteiger partial charge in [-0.15, -0.1) is 12.4 Å². The zero-order valence-electron chi connectivity index (χ0n) is 15.3. The minimum atomic E-state index is -0.330. The average Bonchev–Trinajstić information content (AvgIpc) is 2.70. The molecule has 1 spiro atoms. The molecular weight excluding hydrogens is 364 g/mol. The summed E-state index contributed by atoms with van der Waals surface area (Å²) in [6.45, 7) is 2.34. The van der Waals surface area contributed by atoms with E-state index < -0.39 is 0 Å². The predicted molar refractivity (Wildman–Crippen MR) is 108 cm³/mol. The van der Waals surface area contributed by atoms with E-state index >= 15 is 0 Å². The normalized spacial score (nSPS) is 23.7. The Morgan fingerprint density at radius 2 is 1.89 bits per heavy atom. The van der Waals surface area contributed by atoms with Crippen LogP contribution in [-0.4, -0.2) is 54.4 Å². The molecule has 4 rings (SSSR count). The number of ether oxygens (including phenoxy) is 1. The summed E-state index contributed by atoms with van der Waals surface area (Å²) in [7, 11) is 0. The van der Waals surface area contributed by atoms with E-state index in [0.29, 0.717) is 32.7 Å². The molecule has 6 heteroatoms. The van der Waals surface area contributed by atoms with Crippen LogP contribution in [0.3, 0.4) is 0 Å². The van der Waals surface area contributed by atoms with Crippen molar-refractivity contribution in [2.75, 3.05) is 26.2 Å². The Hall–Kier alpha value is -1.66. The summed E-state index contributed by atoms with van der Waals surface area (Å²) in [6.07, 6.45) is 1.98. The van der Waals surface area contributed by atoms with E-state index in [1.54, 1.807) is 0 Å². The average molecular weight is 391 g/mol. The molecule has 0 unspecified atom stereocenters. The Kier molecular flexibility index (Phi) is 6.06. The van der Waals surface area contributed by atoms with Gasteiger partial charge in [0.1, 0.15) is 0 Å². The first-order valence-electron chi connectivity index (χ1n) is 9.42. The molecule has 0 aromatic heterocycles. The Balaban J connectivity index is 0.00000210. The van der Waals surface area contributed by atoms with Crippen LogP contribution in [0, 0.1) is 5.41 Å². The SMILES string of the molecule is Cl.NCCO[C@H]1C[C@@H](O)C12CCN(C(=O)c1ccc3ccccc3c1)CC2. The molecule has 2 aromatic carbocycles. The standard InChI is InChI=1S/C21H26N2O3.ClH/c22-9-12-26-19-14-18(24)21(19)7-10-23(11-8-21)20(25)17-6-5-15-3-1-2-4-16(15)13-17;/h1-6,13,18-19,24H,7-12,14,22H2;1H/t18-,19+;/m1./s1. The van der Waals surface area contributed by atoms with Gasteiger partial charge < -0.3 is 20.5 Å². The lowest BCUT2D eigenvalue weighted by Gasteiger charge is -2.56. The summed E-state index contributed by atoms with van der Waals surface area (Å²) in [5.74, 6) is 0.0684. The first-order valence-corrected chi connectivity index (χ1v) is 9.42. The Morgan fingerprint density at radius 3 is 2.56 bits per heavy atom. The largest absolute Gasteiger partial charge is 0.392 e. The van der Waals surface area contributed by atoms with Gasteiger partial charge in [-0.1, -0.05) is 30.3 Å². The van der Waals surface area contributed by atoms with Gasteiger partial charge in [-0.2, -0.15) is 0 Å². The van der Waals surface area contributed by atoms with Gasteiger partial charge in [-0.05, 0) is 35.7 Å². The van der Waals surface area contributed by atoms with Crippen molar-refractivity contribution < 1.29 is 14.6 Å². The molecular formula is C21H27ClN2O3. The summed E-state index contributed by atoms with van der Waals surface area (Å²) >= 11 is 0. The summed E-state index contributed by atoms with van der Waals surface area (Å²) < 4.78 is 5.83. The molecule has 1 heterocycles. The van der Waals surface area contributed by atoms with Crippen molar-refractivity contribution >= 4 is 29.1 Å². The number of nitrogens with two attached hydrogens (primary N) is 1. The minimum absolute atomic E-state index is 0. The van der Waals surface area contributed by atoms with Gasteiger partial charge in [0.15, 0.2) is 0 Å². The highest BCUT2D eigenvalue weighted by Gasteiger charge is 2.56. The number of carbonyl (C=O) groups excluding carboxylic acids is 1. The molecule has 146 valence electrons. The number of piperidine rings is 1. The number of benzene rings is 2. The number of rotatable bonds is 4. The molecule has 1 saturated carbocycles. The lowest BCUT2D eigenvalue weighted by Crippen LogP contribution is -2.62. The second-order valence-corrected chi connectivity index (χ2v) is 7.49. The van der Waals surface area contributed by atoms with Crippen molar-refractivity contribution in [1.82, 2.24) is 4.90 Å². The van der Waals surface area contributed by atoms with Crippen LogP contribution in [0.15, 0.2) is 42.5 Å². The highest BCUT2D eigenvalue weighted by molar-refractivity contribution is 5.98. The van der Waals surface area contributed by atoms with E-state index in [-0.39, 0.29) is 35.9 Å². The lowest BCUT2D eigenvalue weighted by atomic mass is 9.58. The fourth-order valence-corrected chi connectivity index (χ4v) is 4.46. The monoisotopic (exact) mass is 390 g/mol. The zero-order valence-corrected chi connectivity index (χ0v) is 16.2. The highest BCUT2D eigenvalue weighted by atomic mass is 35.5. The highest BCUT2D eigenvalue weighted by Crippen LogP contribution is 2.51. The van der Waals surface area contributed by atoms with Gasteiger partial charge in [0.2, 0.25) is 0 Å². The van der Waals surface area contributed by atoms with E-state index in [1.807, 2.05) is 47.4 Å². The molecule has 1 aliphatic heterocycles. The topological polar surface area (TPSA) is 75.8 Å². The van der Waals surface area contributed by atoms with Crippen LogP contribution in [0.4, 0.5) is 0 Å². The summed E-state index contributed by atoms with van der Waals surface area (Å²) in [5.41, 5.74) is 6.06. The molecule has 1 saturated heterocycles. The molecule has 5 nitrogen and oxygen atoms in total. The minimum Gasteiger partial charge on any atom is -0.392 e. The smallest absolute Gasteiger partial charge is 0.253 e. The number of halogens is 1. The van der Waals surface area contributed by atoms with Crippen molar-refractivity contribution in [3.05, 3.63) is 48.0 Å². The number of likely N-dealkylation sites (tertiary alicyclic amines) is 1. The summed E-state index contributed by atoms with van der Waals surface area (Å²) in [6, 6.07) is 13.9. The van der Waals surface area contributed by atoms with Gasteiger partial charge in [-0.3, -0.25) is 4.79 Å². The third kappa shape index (κ3) is 3.57. The maximum Gasteiger partial charge on any atom is 0.253 e. The number of hydrogen-bond acceptors (Lipinski definition) is 4. The van der Waals surface area contributed by atoms with Gasteiger partial charge in [0.25, 0.3) is 5.91 Å². The molecule has 0 bridgehead atoms. The predicted octanol–water partition coefficient (Wildman–Crippen LogP) is 2.59. The van der Waals surface area contributed by atoms with Crippen molar-refractivity contribution in [3.63, 3.8) is 0 Å². The van der Waals surface area contributed by atoms with Crippen molar-refractivity contribution in [2.24, 2.45) is 11.1 Å². The third-order valence-electron chi connectivity index (χ3n) is 6.16. The molecule has 1 aliphatic carbocycles. The van der Waals surface area contributed by atoms with Crippen LogP contribution in [0.25, 0.3) is 10.8 Å². The number of aliphatic hydroxyl groups excluding tert-OH is 1. The number of carbonyl (C=O) groups is 1. The maximum atomic E-state index is 12.9. The maximum absolute atomic E-state index is 12.9. The van der Waals surface area contributed by atoms with Crippen LogP contribution >= 0.6 is 12.4 Å². The summed E-state index contributed by atoms with van der Waals surface area (Å²) in [4.78, 5) is 14.8. The first kappa shape index (κ1) is 20.1. The Labute approximate surface area is 165 Å². The molecule has 2 fully saturated rings. The molecule has 1 amide bonds. The molecule has 2 aliphatic rings. The first-order chi connectivity index (χ1) is 12.6. The number of fused-ring (bicyclic) bond motifs is 1. The van der Waals surface area contributed by atoms with Crippen molar-refractivity contribution in [2.45, 2.75) is 31.5 Å². The van der Waals surface area contributed by atoms with E-state index in [2.05, 4.69) is 0 Å². The zero-order chi connectivity index (χ0) is 18.1. The van der Waals surface area contributed by atoms with Gasteiger partial charge in [0, 0.05) is 37.0 Å². The van der Waals surface area contributed by atoms with Crippen LogP contribution in [0.1, 0.15) is 29.6 Å². The molecule has 3 N–H and O–H groups in total. The second kappa shape index (κ2) is 8.15. The third-order valence-corrected chi connectivity index (χ3v) is 6.16. The van der Waals surface area contributed by atoms with Crippen molar-refractivity contribution in [1.29, 1.82) is 0 Å². The van der Waals surface area contributed by atoms with E-state index in [4.69, 9.17) is 10.5 Å². The Morgan fingerprint density at radius 1 is 1.19 bits per heavy atom. The lowest BCUT2D eigenvalue weighted by molar-refractivity contribution is -0.207. The van der Waals surface area contributed by atoms with Gasteiger partial charge >= 0.3 is 0 Å². The molecule has 2 aromatic rings. The van der Waals surface area contributed by atoms with Crippen molar-refractivity contribution in [3.8, 4) is 0 Å². The number of hydrogen-bond donors (Lipinski definition) is 2. The van der Waals surface area contributed by atoms with Crippen LogP contribution < -0.4 is 5.73 Å².